The van der Waals surface area contributed by atoms with Crippen LogP contribution in [-0.4, -0.2) is 17.5 Å². The van der Waals surface area contributed by atoms with E-state index in [9.17, 15) is 4.79 Å². The Labute approximate surface area is 104 Å². The van der Waals surface area contributed by atoms with Gasteiger partial charge < -0.3 is 4.74 Å². The summed E-state index contributed by atoms with van der Waals surface area (Å²) in [6.45, 7) is 8.40. The first kappa shape index (κ1) is 12.8. The van der Waals surface area contributed by atoms with Gasteiger partial charge >= 0.3 is 0 Å². The Balaban J connectivity index is 0.000000514. The van der Waals surface area contributed by atoms with Gasteiger partial charge in [0.1, 0.15) is 0 Å². The lowest BCUT2D eigenvalue weighted by Gasteiger charge is -2.48. The lowest BCUT2D eigenvalue weighted by molar-refractivity contribution is -0.129. The van der Waals surface area contributed by atoms with Crippen LogP contribution in [0.15, 0.2) is 12.2 Å². The van der Waals surface area contributed by atoms with Gasteiger partial charge in [0.25, 0.3) is 0 Å². The lowest BCUT2D eigenvalue weighted by Crippen LogP contribution is -2.49. The average Bonchev–Trinajstić information content (AvgIpc) is 2.59. The minimum absolute atomic E-state index is 0.0556. The summed E-state index contributed by atoms with van der Waals surface area (Å²) in [5, 5.41) is 0. The Morgan fingerprint density at radius 2 is 2.12 bits per heavy atom. The van der Waals surface area contributed by atoms with E-state index in [4.69, 9.17) is 4.74 Å². The average molecular weight is 236 g/mol. The van der Waals surface area contributed by atoms with Crippen LogP contribution in [0, 0.1) is 11.3 Å². The van der Waals surface area contributed by atoms with Gasteiger partial charge in [0.05, 0.1) is 11.7 Å². The van der Waals surface area contributed by atoms with Crippen molar-refractivity contribution in [1.82, 2.24) is 0 Å². The highest BCUT2D eigenvalue weighted by atomic mass is 16.5. The zero-order chi connectivity index (χ0) is 12.7. The molecule has 1 aliphatic heterocycles. The monoisotopic (exact) mass is 236 g/mol. The number of carbonyl (C=O) groups is 1. The molecule has 2 nitrogen and oxygen atoms in total. The molecule has 1 saturated heterocycles. The Morgan fingerprint density at radius 1 is 1.41 bits per heavy atom. The predicted octanol–water partition coefficient (Wildman–Crippen LogP) is 3.51. The maximum absolute atomic E-state index is 11.5. The van der Waals surface area contributed by atoms with E-state index in [0.29, 0.717) is 18.4 Å². The molecule has 3 unspecified atom stereocenters. The highest BCUT2D eigenvalue weighted by Gasteiger charge is 2.59. The molecule has 2 fully saturated rings. The number of rotatable bonds is 0. The number of hydrogen-bond acceptors (Lipinski definition) is 2. The SMILES string of the molecule is CC.CC1OC23C=CC(=O)C[C@@]2(C)CCC1C3. The Hall–Kier alpha value is -0.630. The standard InChI is InChI=1S/C13H18O2.C2H6/c1-9-10-3-5-12(2)8-11(14)4-6-13(12,7-10)15-9;1-2/h4,6,9-10H,3,5,7-8H2,1-2H3;1-2H3/t9?,10?,12-,13?;/m1./s1. The number of ketones is 1. The van der Waals surface area contributed by atoms with Crippen LogP contribution in [0.1, 0.15) is 53.4 Å². The van der Waals surface area contributed by atoms with E-state index in [-0.39, 0.29) is 16.8 Å². The van der Waals surface area contributed by atoms with Crippen molar-refractivity contribution >= 4 is 5.78 Å². The molecule has 1 spiro atoms. The first-order valence-corrected chi connectivity index (χ1v) is 6.95. The molecular weight excluding hydrogens is 212 g/mol. The number of allylic oxidation sites excluding steroid dienone is 1. The second kappa shape index (κ2) is 4.24. The number of carbonyl (C=O) groups excluding carboxylic acids is 1. The molecule has 0 aromatic rings. The molecule has 4 atom stereocenters. The van der Waals surface area contributed by atoms with Crippen molar-refractivity contribution in [2.45, 2.75) is 65.1 Å². The first-order chi connectivity index (χ1) is 8.05. The first-order valence-electron chi connectivity index (χ1n) is 6.95. The molecule has 1 saturated carbocycles. The van der Waals surface area contributed by atoms with E-state index in [1.54, 1.807) is 6.08 Å². The maximum Gasteiger partial charge on any atom is 0.156 e. The van der Waals surface area contributed by atoms with Crippen molar-refractivity contribution in [3.8, 4) is 0 Å². The molecule has 0 radical (unpaired) electrons. The molecule has 3 aliphatic rings. The van der Waals surface area contributed by atoms with Crippen LogP contribution in [-0.2, 0) is 9.53 Å². The number of fused-ring (bicyclic) bond motifs is 1. The van der Waals surface area contributed by atoms with Crippen LogP contribution in [0.3, 0.4) is 0 Å². The van der Waals surface area contributed by atoms with Gasteiger partial charge in [-0.3, -0.25) is 4.79 Å². The summed E-state index contributed by atoms with van der Waals surface area (Å²) in [5.74, 6) is 0.973. The van der Waals surface area contributed by atoms with Crippen LogP contribution in [0.25, 0.3) is 0 Å². The molecule has 1 heterocycles. The smallest absolute Gasteiger partial charge is 0.156 e. The minimum atomic E-state index is -0.122. The van der Waals surface area contributed by atoms with Gasteiger partial charge in [-0.15, -0.1) is 0 Å². The quantitative estimate of drug-likeness (QED) is 0.643. The van der Waals surface area contributed by atoms with Crippen molar-refractivity contribution < 1.29 is 9.53 Å². The van der Waals surface area contributed by atoms with E-state index in [0.717, 1.165) is 12.8 Å². The van der Waals surface area contributed by atoms with Crippen LogP contribution in [0.4, 0.5) is 0 Å². The van der Waals surface area contributed by atoms with E-state index >= 15 is 0 Å². The Bertz CT molecular complexity index is 343. The van der Waals surface area contributed by atoms with E-state index < -0.39 is 0 Å². The topological polar surface area (TPSA) is 26.3 Å². The molecule has 2 aliphatic carbocycles. The lowest BCUT2D eigenvalue weighted by atomic mass is 9.58. The molecule has 0 aromatic heterocycles. The minimum Gasteiger partial charge on any atom is -0.367 e. The summed E-state index contributed by atoms with van der Waals surface area (Å²) in [6.07, 6.45) is 8.30. The van der Waals surface area contributed by atoms with E-state index in [1.165, 1.54) is 6.42 Å². The Kier molecular flexibility index (Phi) is 3.19. The second-order valence-electron chi connectivity index (χ2n) is 5.75. The molecule has 96 valence electrons. The van der Waals surface area contributed by atoms with Gasteiger partial charge in [0, 0.05) is 11.8 Å². The third kappa shape index (κ3) is 1.77. The normalized spacial score (nSPS) is 47.2. The van der Waals surface area contributed by atoms with Gasteiger partial charge in [-0.1, -0.05) is 20.8 Å². The highest BCUT2D eigenvalue weighted by Crippen LogP contribution is 2.58. The summed E-state index contributed by atoms with van der Waals surface area (Å²) in [5.41, 5.74) is -0.0661. The van der Waals surface area contributed by atoms with Crippen molar-refractivity contribution in [2.24, 2.45) is 11.3 Å². The Morgan fingerprint density at radius 3 is 2.82 bits per heavy atom. The van der Waals surface area contributed by atoms with Gasteiger partial charge in [0.2, 0.25) is 0 Å². The third-order valence-electron chi connectivity index (χ3n) is 4.82. The summed E-state index contributed by atoms with van der Waals surface area (Å²) in [4.78, 5) is 11.5. The van der Waals surface area contributed by atoms with Crippen molar-refractivity contribution in [3.63, 3.8) is 0 Å². The van der Waals surface area contributed by atoms with E-state index in [2.05, 4.69) is 19.9 Å². The molecule has 17 heavy (non-hydrogen) atoms. The third-order valence-corrected chi connectivity index (χ3v) is 4.82. The van der Waals surface area contributed by atoms with Gasteiger partial charge in [-0.25, -0.2) is 0 Å². The molecule has 3 rings (SSSR count). The van der Waals surface area contributed by atoms with Crippen LogP contribution >= 0.6 is 0 Å². The summed E-state index contributed by atoms with van der Waals surface area (Å²) >= 11 is 0. The van der Waals surface area contributed by atoms with Crippen LogP contribution in [0.5, 0.6) is 0 Å². The fourth-order valence-corrected chi connectivity index (χ4v) is 3.69. The van der Waals surface area contributed by atoms with Gasteiger partial charge in [0.15, 0.2) is 5.78 Å². The van der Waals surface area contributed by atoms with Gasteiger partial charge in [-0.05, 0) is 44.3 Å². The van der Waals surface area contributed by atoms with Crippen molar-refractivity contribution in [3.05, 3.63) is 12.2 Å². The molecule has 0 N–H and O–H groups in total. The van der Waals surface area contributed by atoms with Gasteiger partial charge in [-0.2, -0.15) is 0 Å². The van der Waals surface area contributed by atoms with Crippen molar-refractivity contribution in [2.75, 3.05) is 0 Å². The molecular formula is C15H24O2. The molecule has 0 aromatic carbocycles. The second-order valence-corrected chi connectivity index (χ2v) is 5.75. The molecule has 0 amide bonds. The van der Waals surface area contributed by atoms with Crippen LogP contribution < -0.4 is 0 Å². The zero-order valence-corrected chi connectivity index (χ0v) is 11.5. The summed E-state index contributed by atoms with van der Waals surface area (Å²) in [7, 11) is 0. The van der Waals surface area contributed by atoms with E-state index in [1.807, 2.05) is 13.8 Å². The predicted molar refractivity (Wildman–Crippen MR) is 68.8 cm³/mol. The molecule has 2 bridgehead atoms. The number of ether oxygens (including phenoxy) is 1. The maximum atomic E-state index is 11.5. The fourth-order valence-electron chi connectivity index (χ4n) is 3.69. The molecule has 2 heteroatoms. The highest BCUT2D eigenvalue weighted by molar-refractivity contribution is 5.91. The summed E-state index contributed by atoms with van der Waals surface area (Å²) < 4.78 is 6.19. The largest absolute Gasteiger partial charge is 0.367 e. The van der Waals surface area contributed by atoms with Crippen LogP contribution in [0.2, 0.25) is 0 Å². The van der Waals surface area contributed by atoms with Crippen molar-refractivity contribution in [1.29, 1.82) is 0 Å². The fraction of sp³-hybridized carbons (Fsp3) is 0.800. The summed E-state index contributed by atoms with van der Waals surface area (Å²) in [6, 6.07) is 0. The zero-order valence-electron chi connectivity index (χ0n) is 11.5. The number of hydrogen-bond donors (Lipinski definition) is 0.